The normalized spacial score (nSPS) is 39.1. The van der Waals surface area contributed by atoms with E-state index in [0.717, 1.165) is 12.8 Å². The number of aliphatic hydroxyl groups is 1. The van der Waals surface area contributed by atoms with E-state index in [-0.39, 0.29) is 24.1 Å². The molecule has 0 aromatic rings. The van der Waals surface area contributed by atoms with Crippen LogP contribution in [0.3, 0.4) is 0 Å². The summed E-state index contributed by atoms with van der Waals surface area (Å²) in [5, 5.41) is 9.31. The summed E-state index contributed by atoms with van der Waals surface area (Å²) in [5.74, 6) is 2.28. The zero-order chi connectivity index (χ0) is 17.5. The Bertz CT molecular complexity index is 549. The topological polar surface area (TPSA) is 46.5 Å². The molecule has 0 spiro atoms. The van der Waals surface area contributed by atoms with E-state index in [1.807, 2.05) is 0 Å². The number of fused-ring (bicyclic) bond motifs is 3. The number of allylic oxidation sites excluding steroid dienone is 2. The van der Waals surface area contributed by atoms with E-state index >= 15 is 0 Å². The molecule has 3 heteroatoms. The van der Waals surface area contributed by atoms with Crippen molar-refractivity contribution in [1.82, 2.24) is 0 Å². The Hall–Kier alpha value is -1.09. The Kier molecular flexibility index (Phi) is 4.92. The van der Waals surface area contributed by atoms with Gasteiger partial charge in [0.2, 0.25) is 0 Å². The van der Waals surface area contributed by atoms with Crippen LogP contribution in [-0.2, 0) is 9.53 Å². The van der Waals surface area contributed by atoms with Gasteiger partial charge in [-0.25, -0.2) is 4.79 Å². The Morgan fingerprint density at radius 1 is 1.29 bits per heavy atom. The monoisotopic (exact) mass is 332 g/mol. The summed E-state index contributed by atoms with van der Waals surface area (Å²) in [6.07, 6.45) is 11.0. The van der Waals surface area contributed by atoms with Crippen LogP contribution in [0.25, 0.3) is 0 Å². The van der Waals surface area contributed by atoms with E-state index in [9.17, 15) is 9.90 Å². The smallest absolute Gasteiger partial charge is 0.331 e. The molecule has 2 aliphatic carbocycles. The lowest BCUT2D eigenvalue weighted by Gasteiger charge is -2.44. The summed E-state index contributed by atoms with van der Waals surface area (Å²) >= 11 is 0. The number of aliphatic hydroxyl groups excluding tert-OH is 1. The van der Waals surface area contributed by atoms with Crippen molar-refractivity contribution in [3.05, 3.63) is 23.8 Å². The Morgan fingerprint density at radius 3 is 2.75 bits per heavy atom. The van der Waals surface area contributed by atoms with Crippen LogP contribution in [0, 0.1) is 35.0 Å². The highest BCUT2D eigenvalue weighted by molar-refractivity contribution is 5.86. The van der Waals surface area contributed by atoms with Gasteiger partial charge in [0.25, 0.3) is 0 Å². The van der Waals surface area contributed by atoms with Crippen LogP contribution in [0.2, 0.25) is 0 Å². The first kappa shape index (κ1) is 17.7. The molecule has 7 atom stereocenters. The molecule has 2 saturated carbocycles. The van der Waals surface area contributed by atoms with Gasteiger partial charge in [-0.05, 0) is 66.3 Å². The summed E-state index contributed by atoms with van der Waals surface area (Å²) in [7, 11) is 0. The van der Waals surface area contributed by atoms with E-state index in [0.29, 0.717) is 29.6 Å². The van der Waals surface area contributed by atoms with Crippen LogP contribution in [0.5, 0.6) is 0 Å². The summed E-state index contributed by atoms with van der Waals surface area (Å²) in [5.41, 5.74) is 1.56. The summed E-state index contributed by atoms with van der Waals surface area (Å²) < 4.78 is 5.46. The zero-order valence-electron chi connectivity index (χ0n) is 15.5. The Balaban J connectivity index is 1.73. The zero-order valence-corrected chi connectivity index (χ0v) is 15.5. The number of carbonyl (C=O) groups is 1. The molecular weight excluding hydrogens is 300 g/mol. The predicted octanol–water partition coefficient (Wildman–Crippen LogP) is 4.12. The van der Waals surface area contributed by atoms with E-state index in [1.54, 1.807) is 6.08 Å². The van der Waals surface area contributed by atoms with Gasteiger partial charge in [-0.15, -0.1) is 0 Å². The van der Waals surface area contributed by atoms with Gasteiger partial charge in [0.1, 0.15) is 6.10 Å². The van der Waals surface area contributed by atoms with E-state index in [1.165, 1.54) is 18.4 Å². The van der Waals surface area contributed by atoms with Crippen LogP contribution in [0.15, 0.2) is 23.8 Å². The molecule has 0 amide bonds. The van der Waals surface area contributed by atoms with Crippen molar-refractivity contribution in [3.8, 4) is 0 Å². The summed E-state index contributed by atoms with van der Waals surface area (Å²) in [6, 6.07) is 0. The molecule has 0 aromatic heterocycles. The van der Waals surface area contributed by atoms with Gasteiger partial charge in [-0.3, -0.25) is 0 Å². The van der Waals surface area contributed by atoms with Crippen molar-refractivity contribution >= 4 is 5.97 Å². The first-order valence-corrected chi connectivity index (χ1v) is 9.58. The molecule has 3 nitrogen and oxygen atoms in total. The molecule has 0 saturated heterocycles. The van der Waals surface area contributed by atoms with Gasteiger partial charge >= 0.3 is 5.97 Å². The minimum atomic E-state index is -0.137. The van der Waals surface area contributed by atoms with Gasteiger partial charge in [0.05, 0.1) is 0 Å². The van der Waals surface area contributed by atoms with Gasteiger partial charge in [0, 0.05) is 12.7 Å². The minimum Gasteiger partial charge on any atom is -0.455 e. The fourth-order valence-corrected chi connectivity index (χ4v) is 5.34. The number of esters is 1. The van der Waals surface area contributed by atoms with Gasteiger partial charge in [-0.2, -0.15) is 0 Å². The van der Waals surface area contributed by atoms with E-state index in [2.05, 4.69) is 39.8 Å². The van der Waals surface area contributed by atoms with E-state index in [4.69, 9.17) is 4.74 Å². The Morgan fingerprint density at radius 2 is 2.04 bits per heavy atom. The molecule has 1 N–H and O–H groups in total. The molecule has 1 aliphatic heterocycles. The maximum Gasteiger partial charge on any atom is 0.331 e. The van der Waals surface area contributed by atoms with Crippen molar-refractivity contribution in [1.29, 1.82) is 0 Å². The molecule has 0 unspecified atom stereocenters. The van der Waals surface area contributed by atoms with Crippen molar-refractivity contribution < 1.29 is 14.6 Å². The summed E-state index contributed by atoms with van der Waals surface area (Å²) in [4.78, 5) is 11.7. The highest BCUT2D eigenvalue weighted by atomic mass is 16.5. The lowest BCUT2D eigenvalue weighted by atomic mass is 9.60. The maximum atomic E-state index is 11.7. The molecule has 1 heterocycles. The molecule has 0 bridgehead atoms. The van der Waals surface area contributed by atoms with Gasteiger partial charge in [-0.1, -0.05) is 39.8 Å². The maximum absolute atomic E-state index is 11.7. The van der Waals surface area contributed by atoms with Crippen LogP contribution < -0.4 is 0 Å². The first-order chi connectivity index (χ1) is 11.4. The molecule has 3 rings (SSSR count). The lowest BCUT2D eigenvalue weighted by Crippen LogP contribution is -2.39. The minimum absolute atomic E-state index is 0.0607. The molecular formula is C21H32O3. The van der Waals surface area contributed by atoms with Crippen LogP contribution in [-0.4, -0.2) is 23.8 Å². The first-order valence-electron chi connectivity index (χ1n) is 9.58. The number of carbonyl (C=O) groups excluding carboxylic acids is 1. The number of hydrogen-bond acceptors (Lipinski definition) is 3. The number of rotatable bonds is 5. The third kappa shape index (κ3) is 2.96. The quantitative estimate of drug-likeness (QED) is 0.608. The highest BCUT2D eigenvalue weighted by Crippen LogP contribution is 2.60. The molecule has 2 fully saturated rings. The molecule has 0 aromatic carbocycles. The van der Waals surface area contributed by atoms with Crippen molar-refractivity contribution in [2.75, 3.05) is 6.61 Å². The average molecular weight is 332 g/mol. The van der Waals surface area contributed by atoms with E-state index < -0.39 is 0 Å². The summed E-state index contributed by atoms with van der Waals surface area (Å²) in [6.45, 7) is 9.28. The van der Waals surface area contributed by atoms with Crippen LogP contribution in [0.4, 0.5) is 0 Å². The van der Waals surface area contributed by atoms with Gasteiger partial charge in [0.15, 0.2) is 0 Å². The average Bonchev–Trinajstić information content (AvgIpc) is 3.10. The van der Waals surface area contributed by atoms with Gasteiger partial charge < -0.3 is 9.84 Å². The third-order valence-corrected chi connectivity index (χ3v) is 7.21. The fourth-order valence-electron chi connectivity index (χ4n) is 5.34. The highest BCUT2D eigenvalue weighted by Gasteiger charge is 2.54. The predicted molar refractivity (Wildman–Crippen MR) is 95.2 cm³/mol. The molecule has 134 valence electrons. The molecule has 24 heavy (non-hydrogen) atoms. The number of ether oxygens (including phenoxy) is 1. The van der Waals surface area contributed by atoms with Crippen molar-refractivity contribution in [3.63, 3.8) is 0 Å². The molecule has 0 radical (unpaired) electrons. The fraction of sp³-hybridized carbons (Fsp3) is 0.762. The third-order valence-electron chi connectivity index (χ3n) is 7.21. The SMILES string of the molecule is C[C@H](/C=C/[C@H](C)[C@H](C)CO)[C@H]1CC[C@H]2C3=CC(=O)O[C@H]3CC[C@]12C. The second-order valence-corrected chi connectivity index (χ2v) is 8.61. The van der Waals surface area contributed by atoms with Crippen LogP contribution in [0.1, 0.15) is 53.4 Å². The largest absolute Gasteiger partial charge is 0.455 e. The second-order valence-electron chi connectivity index (χ2n) is 8.61. The second kappa shape index (κ2) is 6.67. The van der Waals surface area contributed by atoms with Crippen molar-refractivity contribution in [2.24, 2.45) is 35.0 Å². The Labute approximate surface area is 146 Å². The molecule has 3 aliphatic rings. The van der Waals surface area contributed by atoms with Crippen LogP contribution >= 0.6 is 0 Å². The lowest BCUT2D eigenvalue weighted by molar-refractivity contribution is -0.140. The number of hydrogen-bond donors (Lipinski definition) is 1. The standard InChI is InChI=1S/C21H32O3/c1-13(15(3)12-22)5-6-14(2)17-7-8-18-16-11-20(23)24-19(16)9-10-21(17,18)4/h5-6,11,13-15,17-19,22H,7-10,12H2,1-4H3/b6-5+/t13-,14+,15+,17+,18-,19-,21+/m0/s1. The van der Waals surface area contributed by atoms with Crippen molar-refractivity contribution in [2.45, 2.75) is 59.5 Å².